The molecular weight excluding hydrogens is 251 g/mol. The molecule has 1 aromatic carbocycles. The first-order chi connectivity index (χ1) is 9.02. The van der Waals surface area contributed by atoms with E-state index in [-0.39, 0.29) is 25.0 Å². The molecule has 0 bridgehead atoms. The summed E-state index contributed by atoms with van der Waals surface area (Å²) in [6.45, 7) is 3.54. The number of hydrogen-bond donors (Lipinski definition) is 2. The van der Waals surface area contributed by atoms with Crippen molar-refractivity contribution in [2.45, 2.75) is 19.9 Å². The van der Waals surface area contributed by atoms with Gasteiger partial charge in [-0.25, -0.2) is 9.18 Å². The zero-order valence-corrected chi connectivity index (χ0v) is 10.9. The van der Waals surface area contributed by atoms with E-state index in [0.717, 1.165) is 5.56 Å². The molecule has 5 nitrogen and oxygen atoms in total. The topological polar surface area (TPSA) is 67.4 Å². The molecule has 19 heavy (non-hydrogen) atoms. The molecule has 0 aliphatic rings. The fraction of sp³-hybridized carbons (Fsp3) is 0.385. The Morgan fingerprint density at radius 1 is 1.32 bits per heavy atom. The minimum absolute atomic E-state index is 0.185. The number of esters is 1. The zero-order valence-electron chi connectivity index (χ0n) is 10.9. The van der Waals surface area contributed by atoms with Gasteiger partial charge < -0.3 is 15.4 Å². The van der Waals surface area contributed by atoms with Crippen LogP contribution in [0.4, 0.5) is 9.18 Å². The summed E-state index contributed by atoms with van der Waals surface area (Å²) in [4.78, 5) is 22.5. The minimum Gasteiger partial charge on any atom is -0.465 e. The Hall–Kier alpha value is -2.11. The zero-order chi connectivity index (χ0) is 14.3. The quantitative estimate of drug-likeness (QED) is 0.799. The van der Waals surface area contributed by atoms with Gasteiger partial charge in [-0.05, 0) is 31.5 Å². The molecular formula is C13H17FN2O3. The molecule has 6 heteroatoms. The number of amides is 2. The number of carbonyl (C=O) groups is 2. The van der Waals surface area contributed by atoms with Gasteiger partial charge in [-0.3, -0.25) is 4.79 Å². The molecule has 0 spiro atoms. The van der Waals surface area contributed by atoms with Gasteiger partial charge in [0.15, 0.2) is 0 Å². The fourth-order valence-corrected chi connectivity index (χ4v) is 1.45. The van der Waals surface area contributed by atoms with Crippen molar-refractivity contribution < 1.29 is 18.7 Å². The molecule has 1 atom stereocenters. The van der Waals surface area contributed by atoms with Gasteiger partial charge in [0.2, 0.25) is 0 Å². The summed E-state index contributed by atoms with van der Waals surface area (Å²) in [6, 6.07) is 5.05. The molecule has 0 aliphatic heterocycles. The summed E-state index contributed by atoms with van der Waals surface area (Å²) in [5, 5.41) is 5.01. The Balaban J connectivity index is 2.39. The number of urea groups is 1. The van der Waals surface area contributed by atoms with Gasteiger partial charge in [0, 0.05) is 0 Å². The minimum atomic E-state index is -0.493. The van der Waals surface area contributed by atoms with Crippen LogP contribution in [-0.4, -0.2) is 25.2 Å². The highest BCUT2D eigenvalue weighted by Crippen LogP contribution is 2.12. The van der Waals surface area contributed by atoms with E-state index >= 15 is 0 Å². The maximum atomic E-state index is 12.7. The van der Waals surface area contributed by atoms with Gasteiger partial charge >= 0.3 is 12.0 Å². The number of carbonyl (C=O) groups excluding carboxylic acids is 2. The second-order valence-electron chi connectivity index (χ2n) is 3.91. The molecule has 0 aromatic heterocycles. The SMILES string of the molecule is CCOC(=O)CNC(=O)NC(C)c1ccc(F)cc1. The lowest BCUT2D eigenvalue weighted by molar-refractivity contribution is -0.141. The lowest BCUT2D eigenvalue weighted by Crippen LogP contribution is -2.40. The summed E-state index contributed by atoms with van der Waals surface area (Å²) in [5.41, 5.74) is 0.771. The van der Waals surface area contributed by atoms with Crippen LogP contribution in [0.3, 0.4) is 0 Å². The van der Waals surface area contributed by atoms with Crippen LogP contribution in [0, 0.1) is 5.82 Å². The van der Waals surface area contributed by atoms with Crippen molar-refractivity contribution in [1.29, 1.82) is 0 Å². The number of benzene rings is 1. The van der Waals surface area contributed by atoms with Crippen LogP contribution in [0.1, 0.15) is 25.5 Å². The largest absolute Gasteiger partial charge is 0.465 e. The Labute approximate surface area is 111 Å². The third-order valence-corrected chi connectivity index (χ3v) is 2.42. The Kier molecular flexibility index (Phi) is 5.78. The number of rotatable bonds is 5. The first-order valence-electron chi connectivity index (χ1n) is 5.98. The Morgan fingerprint density at radius 3 is 2.53 bits per heavy atom. The van der Waals surface area contributed by atoms with E-state index in [1.165, 1.54) is 12.1 Å². The van der Waals surface area contributed by atoms with Crippen LogP contribution < -0.4 is 10.6 Å². The van der Waals surface area contributed by atoms with E-state index in [0.29, 0.717) is 0 Å². The Bertz CT molecular complexity index is 434. The highest BCUT2D eigenvalue weighted by atomic mass is 19.1. The molecule has 0 heterocycles. The van der Waals surface area contributed by atoms with Crippen molar-refractivity contribution in [1.82, 2.24) is 10.6 Å². The van der Waals surface area contributed by atoms with Gasteiger partial charge in [-0.15, -0.1) is 0 Å². The molecule has 0 saturated heterocycles. The fourth-order valence-electron chi connectivity index (χ4n) is 1.45. The molecule has 2 amide bonds. The number of nitrogens with one attached hydrogen (secondary N) is 2. The number of hydrogen-bond acceptors (Lipinski definition) is 3. The molecule has 0 radical (unpaired) electrons. The van der Waals surface area contributed by atoms with Gasteiger partial charge in [0.25, 0.3) is 0 Å². The van der Waals surface area contributed by atoms with Crippen molar-refractivity contribution in [3.8, 4) is 0 Å². The second kappa shape index (κ2) is 7.35. The van der Waals surface area contributed by atoms with Crippen LogP contribution >= 0.6 is 0 Å². The molecule has 0 fully saturated rings. The first kappa shape index (κ1) is 14.9. The van der Waals surface area contributed by atoms with Gasteiger partial charge in [-0.2, -0.15) is 0 Å². The Morgan fingerprint density at radius 2 is 1.95 bits per heavy atom. The van der Waals surface area contributed by atoms with Crippen LogP contribution in [0.2, 0.25) is 0 Å². The predicted octanol–water partition coefficient (Wildman–Crippen LogP) is 1.75. The highest BCUT2D eigenvalue weighted by Gasteiger charge is 2.10. The standard InChI is InChI=1S/C13H17FN2O3/c1-3-19-12(17)8-15-13(18)16-9(2)10-4-6-11(14)7-5-10/h4-7,9H,3,8H2,1-2H3,(H2,15,16,18). The highest BCUT2D eigenvalue weighted by molar-refractivity contribution is 5.80. The van der Waals surface area contributed by atoms with E-state index in [2.05, 4.69) is 15.4 Å². The second-order valence-corrected chi connectivity index (χ2v) is 3.91. The van der Waals surface area contributed by atoms with Crippen LogP contribution in [0.15, 0.2) is 24.3 Å². The van der Waals surface area contributed by atoms with Crippen molar-refractivity contribution in [2.75, 3.05) is 13.2 Å². The summed E-state index contributed by atoms with van der Waals surface area (Å²) < 4.78 is 17.4. The van der Waals surface area contributed by atoms with E-state index in [1.807, 2.05) is 0 Å². The van der Waals surface area contributed by atoms with E-state index in [9.17, 15) is 14.0 Å². The smallest absolute Gasteiger partial charge is 0.325 e. The molecule has 1 rings (SSSR count). The van der Waals surface area contributed by atoms with Crippen molar-refractivity contribution in [3.05, 3.63) is 35.6 Å². The normalized spacial score (nSPS) is 11.5. The number of halogens is 1. The van der Waals surface area contributed by atoms with Crippen molar-refractivity contribution >= 4 is 12.0 Å². The molecule has 1 aromatic rings. The monoisotopic (exact) mass is 268 g/mol. The molecule has 0 aliphatic carbocycles. The van der Waals surface area contributed by atoms with Crippen LogP contribution in [0.25, 0.3) is 0 Å². The van der Waals surface area contributed by atoms with E-state index < -0.39 is 12.0 Å². The molecule has 1 unspecified atom stereocenters. The first-order valence-corrected chi connectivity index (χ1v) is 5.98. The molecule has 0 saturated carbocycles. The van der Waals surface area contributed by atoms with E-state index in [4.69, 9.17) is 0 Å². The lowest BCUT2D eigenvalue weighted by atomic mass is 10.1. The number of ether oxygens (including phenoxy) is 1. The van der Waals surface area contributed by atoms with Crippen LogP contribution in [0.5, 0.6) is 0 Å². The van der Waals surface area contributed by atoms with Gasteiger partial charge in [-0.1, -0.05) is 12.1 Å². The summed E-state index contributed by atoms with van der Waals surface area (Å²) in [5.74, 6) is -0.824. The van der Waals surface area contributed by atoms with Crippen molar-refractivity contribution in [3.63, 3.8) is 0 Å². The van der Waals surface area contributed by atoms with Gasteiger partial charge in [0.1, 0.15) is 12.4 Å². The summed E-state index contributed by atoms with van der Waals surface area (Å²) >= 11 is 0. The summed E-state index contributed by atoms with van der Waals surface area (Å²) in [6.07, 6.45) is 0. The molecule has 2 N–H and O–H groups in total. The average Bonchev–Trinajstić information content (AvgIpc) is 2.37. The maximum Gasteiger partial charge on any atom is 0.325 e. The molecule has 104 valence electrons. The summed E-state index contributed by atoms with van der Waals surface area (Å²) in [7, 11) is 0. The van der Waals surface area contributed by atoms with Gasteiger partial charge in [0.05, 0.1) is 12.6 Å². The third kappa shape index (κ3) is 5.37. The third-order valence-electron chi connectivity index (χ3n) is 2.42. The van der Waals surface area contributed by atoms with E-state index in [1.54, 1.807) is 26.0 Å². The van der Waals surface area contributed by atoms with Crippen molar-refractivity contribution in [2.24, 2.45) is 0 Å². The maximum absolute atomic E-state index is 12.7. The van der Waals surface area contributed by atoms with Crippen LogP contribution in [-0.2, 0) is 9.53 Å². The average molecular weight is 268 g/mol. The lowest BCUT2D eigenvalue weighted by Gasteiger charge is -2.14. The predicted molar refractivity (Wildman–Crippen MR) is 68.0 cm³/mol.